The molecule has 2 rings (SSSR count). The Kier molecular flexibility index (Phi) is 2.70. The highest BCUT2D eigenvalue weighted by molar-refractivity contribution is 5.09. The molecular weight excluding hydrogens is 170 g/mol. The third-order valence-electron chi connectivity index (χ3n) is 4.36. The Balaban J connectivity index is 2.03. The van der Waals surface area contributed by atoms with Gasteiger partial charge >= 0.3 is 0 Å². The SMILES string of the molecule is CCC(C)C1CC2(CC=CC2)CN1C. The predicted octanol–water partition coefficient (Wildman–Crippen LogP) is 3.07. The van der Waals surface area contributed by atoms with Crippen molar-refractivity contribution in [1.29, 1.82) is 0 Å². The lowest BCUT2D eigenvalue weighted by Gasteiger charge is -2.24. The van der Waals surface area contributed by atoms with Crippen LogP contribution in [-0.2, 0) is 0 Å². The zero-order valence-corrected chi connectivity index (χ0v) is 9.79. The van der Waals surface area contributed by atoms with Crippen molar-refractivity contribution < 1.29 is 0 Å². The zero-order valence-electron chi connectivity index (χ0n) is 9.79. The van der Waals surface area contributed by atoms with E-state index in [0.717, 1.165) is 12.0 Å². The Hall–Kier alpha value is -0.300. The molecule has 1 heteroatoms. The lowest BCUT2D eigenvalue weighted by atomic mass is 9.81. The van der Waals surface area contributed by atoms with Gasteiger partial charge in [0.1, 0.15) is 0 Å². The van der Waals surface area contributed by atoms with Crippen LogP contribution in [0, 0.1) is 11.3 Å². The average molecular weight is 193 g/mol. The summed E-state index contributed by atoms with van der Waals surface area (Å²) in [5.74, 6) is 0.861. The summed E-state index contributed by atoms with van der Waals surface area (Å²) in [4.78, 5) is 2.60. The minimum atomic E-state index is 0.628. The van der Waals surface area contributed by atoms with Crippen LogP contribution < -0.4 is 0 Å². The zero-order chi connectivity index (χ0) is 10.2. The van der Waals surface area contributed by atoms with Crippen LogP contribution >= 0.6 is 0 Å². The monoisotopic (exact) mass is 193 g/mol. The second-order valence-corrected chi connectivity index (χ2v) is 5.45. The molecule has 1 aliphatic heterocycles. The Labute approximate surface area is 88.2 Å². The summed E-state index contributed by atoms with van der Waals surface area (Å²) in [5.41, 5.74) is 0.628. The number of rotatable bonds is 2. The fraction of sp³-hybridized carbons (Fsp3) is 0.846. The van der Waals surface area contributed by atoms with Crippen molar-refractivity contribution in [2.24, 2.45) is 11.3 Å². The number of allylic oxidation sites excluding steroid dienone is 2. The quantitative estimate of drug-likeness (QED) is 0.609. The van der Waals surface area contributed by atoms with Gasteiger partial charge in [-0.15, -0.1) is 0 Å². The summed E-state index contributed by atoms with van der Waals surface area (Å²) in [7, 11) is 2.31. The van der Waals surface area contributed by atoms with Crippen molar-refractivity contribution in [1.82, 2.24) is 4.90 Å². The molecule has 14 heavy (non-hydrogen) atoms. The van der Waals surface area contributed by atoms with Crippen LogP contribution in [-0.4, -0.2) is 24.5 Å². The standard InChI is InChI=1S/C13H23N/c1-4-11(2)12-9-13(10-14(12)3)7-5-6-8-13/h5-6,11-12H,4,7-10H2,1-3H3. The second kappa shape index (κ2) is 3.69. The van der Waals surface area contributed by atoms with E-state index < -0.39 is 0 Å². The summed E-state index contributed by atoms with van der Waals surface area (Å²) in [5, 5.41) is 0. The third kappa shape index (κ3) is 1.63. The van der Waals surface area contributed by atoms with Crippen molar-refractivity contribution in [3.8, 4) is 0 Å². The van der Waals surface area contributed by atoms with Gasteiger partial charge in [-0.25, -0.2) is 0 Å². The summed E-state index contributed by atoms with van der Waals surface area (Å²) in [6.07, 6.45) is 10.2. The molecule has 0 saturated carbocycles. The molecule has 1 saturated heterocycles. The molecule has 0 N–H and O–H groups in total. The van der Waals surface area contributed by atoms with Gasteiger partial charge in [0.15, 0.2) is 0 Å². The van der Waals surface area contributed by atoms with Crippen LogP contribution in [0.5, 0.6) is 0 Å². The van der Waals surface area contributed by atoms with Crippen LogP contribution in [0.2, 0.25) is 0 Å². The van der Waals surface area contributed by atoms with Gasteiger partial charge < -0.3 is 4.90 Å². The van der Waals surface area contributed by atoms with E-state index in [9.17, 15) is 0 Å². The molecule has 0 bridgehead atoms. The van der Waals surface area contributed by atoms with Crippen LogP contribution in [0.15, 0.2) is 12.2 Å². The molecule has 0 aromatic carbocycles. The molecular formula is C13H23N. The number of likely N-dealkylation sites (tertiary alicyclic amines) is 1. The van der Waals surface area contributed by atoms with E-state index in [4.69, 9.17) is 0 Å². The average Bonchev–Trinajstić information content (AvgIpc) is 2.74. The van der Waals surface area contributed by atoms with E-state index in [2.05, 4.69) is 37.9 Å². The molecule has 2 unspecified atom stereocenters. The van der Waals surface area contributed by atoms with Gasteiger partial charge in [-0.1, -0.05) is 32.4 Å². The molecule has 2 aliphatic rings. The first-order chi connectivity index (χ1) is 6.67. The maximum Gasteiger partial charge on any atom is 0.0124 e. The number of hydrogen-bond donors (Lipinski definition) is 0. The maximum atomic E-state index is 2.60. The molecule has 1 spiro atoms. The van der Waals surface area contributed by atoms with Gasteiger partial charge in [0.05, 0.1) is 0 Å². The van der Waals surface area contributed by atoms with E-state index in [1.54, 1.807) is 0 Å². The first-order valence-corrected chi connectivity index (χ1v) is 6.02. The minimum absolute atomic E-state index is 0.628. The fourth-order valence-corrected chi connectivity index (χ4v) is 3.26. The second-order valence-electron chi connectivity index (χ2n) is 5.45. The molecule has 2 atom stereocenters. The van der Waals surface area contributed by atoms with E-state index in [0.29, 0.717) is 5.41 Å². The molecule has 80 valence electrons. The van der Waals surface area contributed by atoms with Gasteiger partial charge in [0.25, 0.3) is 0 Å². The van der Waals surface area contributed by atoms with Gasteiger partial charge in [-0.05, 0) is 37.6 Å². The van der Waals surface area contributed by atoms with E-state index in [1.165, 1.54) is 32.2 Å². The van der Waals surface area contributed by atoms with Crippen molar-refractivity contribution in [3.63, 3.8) is 0 Å². The highest BCUT2D eigenvalue weighted by Gasteiger charge is 2.43. The molecule has 1 aliphatic carbocycles. The van der Waals surface area contributed by atoms with Crippen LogP contribution in [0.25, 0.3) is 0 Å². The molecule has 1 nitrogen and oxygen atoms in total. The topological polar surface area (TPSA) is 3.24 Å². The van der Waals surface area contributed by atoms with E-state index in [-0.39, 0.29) is 0 Å². The van der Waals surface area contributed by atoms with Gasteiger partial charge in [-0.3, -0.25) is 0 Å². The lowest BCUT2D eigenvalue weighted by Crippen LogP contribution is -2.30. The molecule has 0 aromatic heterocycles. The fourth-order valence-electron chi connectivity index (χ4n) is 3.26. The van der Waals surface area contributed by atoms with Gasteiger partial charge in [0.2, 0.25) is 0 Å². The maximum absolute atomic E-state index is 2.60. The highest BCUT2D eigenvalue weighted by atomic mass is 15.2. The summed E-state index contributed by atoms with van der Waals surface area (Å²) < 4.78 is 0. The molecule has 1 heterocycles. The Morgan fingerprint density at radius 3 is 2.64 bits per heavy atom. The smallest absolute Gasteiger partial charge is 0.0124 e. The first kappa shape index (κ1) is 10.2. The molecule has 0 radical (unpaired) electrons. The number of nitrogens with zero attached hydrogens (tertiary/aromatic N) is 1. The van der Waals surface area contributed by atoms with Crippen LogP contribution in [0.4, 0.5) is 0 Å². The van der Waals surface area contributed by atoms with E-state index in [1.807, 2.05) is 0 Å². The van der Waals surface area contributed by atoms with Crippen LogP contribution in [0.3, 0.4) is 0 Å². The summed E-state index contributed by atoms with van der Waals surface area (Å²) in [6.45, 7) is 6.04. The van der Waals surface area contributed by atoms with Crippen molar-refractivity contribution in [3.05, 3.63) is 12.2 Å². The van der Waals surface area contributed by atoms with Gasteiger partial charge in [0, 0.05) is 12.6 Å². The largest absolute Gasteiger partial charge is 0.303 e. The summed E-state index contributed by atoms with van der Waals surface area (Å²) >= 11 is 0. The predicted molar refractivity (Wildman–Crippen MR) is 61.3 cm³/mol. The Morgan fingerprint density at radius 1 is 1.43 bits per heavy atom. The molecule has 1 fully saturated rings. The number of hydrogen-bond acceptors (Lipinski definition) is 1. The lowest BCUT2D eigenvalue weighted by molar-refractivity contribution is 0.232. The normalized spacial score (nSPS) is 32.9. The Bertz CT molecular complexity index is 223. The minimum Gasteiger partial charge on any atom is -0.303 e. The molecule has 0 amide bonds. The van der Waals surface area contributed by atoms with Crippen molar-refractivity contribution >= 4 is 0 Å². The van der Waals surface area contributed by atoms with Crippen molar-refractivity contribution in [2.45, 2.75) is 45.6 Å². The van der Waals surface area contributed by atoms with Gasteiger partial charge in [-0.2, -0.15) is 0 Å². The van der Waals surface area contributed by atoms with Crippen LogP contribution in [0.1, 0.15) is 39.5 Å². The molecule has 0 aromatic rings. The van der Waals surface area contributed by atoms with Crippen molar-refractivity contribution in [2.75, 3.05) is 13.6 Å². The first-order valence-electron chi connectivity index (χ1n) is 6.02. The Morgan fingerprint density at radius 2 is 2.07 bits per heavy atom. The highest BCUT2D eigenvalue weighted by Crippen LogP contribution is 2.46. The third-order valence-corrected chi connectivity index (χ3v) is 4.36. The summed E-state index contributed by atoms with van der Waals surface area (Å²) in [6, 6.07) is 0.833. The van der Waals surface area contributed by atoms with E-state index >= 15 is 0 Å².